The van der Waals surface area contributed by atoms with Crippen LogP contribution in [0.2, 0.25) is 5.02 Å². The highest BCUT2D eigenvalue weighted by Gasteiger charge is 2.12. The summed E-state index contributed by atoms with van der Waals surface area (Å²) in [5, 5.41) is 0.628. The number of aromatic amines is 1. The summed E-state index contributed by atoms with van der Waals surface area (Å²) in [7, 11) is 1.62. The van der Waals surface area contributed by atoms with Crippen molar-refractivity contribution in [2.24, 2.45) is 5.73 Å². The molecule has 18 heavy (non-hydrogen) atoms. The van der Waals surface area contributed by atoms with Crippen molar-refractivity contribution in [2.45, 2.75) is 13.3 Å². The molecule has 0 saturated carbocycles. The van der Waals surface area contributed by atoms with E-state index in [1.165, 1.54) is 0 Å². The first-order chi connectivity index (χ1) is 8.65. The van der Waals surface area contributed by atoms with E-state index in [-0.39, 0.29) is 0 Å². The number of halogens is 1. The van der Waals surface area contributed by atoms with Crippen LogP contribution < -0.4 is 10.5 Å². The van der Waals surface area contributed by atoms with Crippen LogP contribution in [0.4, 0.5) is 0 Å². The number of aryl methyl sites for hydroxylation is 1. The summed E-state index contributed by atoms with van der Waals surface area (Å²) >= 11 is 6.24. The van der Waals surface area contributed by atoms with Crippen molar-refractivity contribution >= 4 is 11.6 Å². The van der Waals surface area contributed by atoms with Gasteiger partial charge in [0.05, 0.1) is 17.8 Å². The number of aromatic nitrogens is 2. The summed E-state index contributed by atoms with van der Waals surface area (Å²) in [6, 6.07) is 5.57. The maximum absolute atomic E-state index is 6.24. The Morgan fingerprint density at radius 1 is 1.44 bits per heavy atom. The van der Waals surface area contributed by atoms with Gasteiger partial charge in [-0.25, -0.2) is 4.98 Å². The van der Waals surface area contributed by atoms with Crippen LogP contribution in [0, 0.1) is 6.92 Å². The average molecular weight is 266 g/mol. The van der Waals surface area contributed by atoms with Crippen LogP contribution in [0.1, 0.15) is 11.5 Å². The normalized spacial score (nSPS) is 10.7. The molecule has 0 spiro atoms. The van der Waals surface area contributed by atoms with Gasteiger partial charge in [-0.2, -0.15) is 0 Å². The molecule has 0 bridgehead atoms. The Morgan fingerprint density at radius 2 is 2.22 bits per heavy atom. The van der Waals surface area contributed by atoms with Crippen molar-refractivity contribution in [3.8, 4) is 17.0 Å². The number of methoxy groups -OCH3 is 1. The first kappa shape index (κ1) is 12.9. The predicted molar refractivity (Wildman–Crippen MR) is 73.1 cm³/mol. The van der Waals surface area contributed by atoms with E-state index in [0.717, 1.165) is 34.9 Å². The van der Waals surface area contributed by atoms with E-state index in [4.69, 9.17) is 22.1 Å². The molecule has 2 rings (SSSR count). The number of imidazole rings is 1. The summed E-state index contributed by atoms with van der Waals surface area (Å²) in [4.78, 5) is 7.74. The Hall–Kier alpha value is -1.52. The van der Waals surface area contributed by atoms with E-state index < -0.39 is 0 Å². The molecule has 1 aromatic carbocycles. The number of nitrogens with one attached hydrogen (secondary N) is 1. The average Bonchev–Trinajstić information content (AvgIpc) is 2.70. The van der Waals surface area contributed by atoms with Crippen LogP contribution in [0.25, 0.3) is 11.3 Å². The molecule has 0 aliphatic heterocycles. The molecular weight excluding hydrogens is 250 g/mol. The van der Waals surface area contributed by atoms with E-state index >= 15 is 0 Å². The van der Waals surface area contributed by atoms with E-state index in [2.05, 4.69) is 9.97 Å². The van der Waals surface area contributed by atoms with Gasteiger partial charge in [0.2, 0.25) is 0 Å². The third kappa shape index (κ3) is 2.49. The lowest BCUT2D eigenvalue weighted by molar-refractivity contribution is 0.415. The van der Waals surface area contributed by atoms with Gasteiger partial charge < -0.3 is 15.5 Å². The van der Waals surface area contributed by atoms with E-state index in [9.17, 15) is 0 Å². The largest absolute Gasteiger partial charge is 0.497 e. The summed E-state index contributed by atoms with van der Waals surface area (Å²) in [5.41, 5.74) is 8.28. The predicted octanol–water partition coefficient (Wildman–Crippen LogP) is 2.55. The van der Waals surface area contributed by atoms with Crippen LogP contribution in [-0.2, 0) is 6.42 Å². The molecule has 1 heterocycles. The second kappa shape index (κ2) is 5.42. The Bertz CT molecular complexity index is 551. The Labute approximate surface area is 111 Å². The summed E-state index contributed by atoms with van der Waals surface area (Å²) < 4.78 is 5.13. The topological polar surface area (TPSA) is 63.9 Å². The van der Waals surface area contributed by atoms with Crippen LogP contribution in [0.3, 0.4) is 0 Å². The SMILES string of the molecule is COc1ccc(-c2nc(CCN)[nH]c2C)c(Cl)c1. The smallest absolute Gasteiger partial charge is 0.120 e. The number of hydrogen-bond acceptors (Lipinski definition) is 3. The molecule has 0 atom stereocenters. The number of H-pyrrole nitrogens is 1. The van der Waals surface area contributed by atoms with Gasteiger partial charge in [0.1, 0.15) is 11.6 Å². The molecule has 0 fully saturated rings. The molecule has 0 saturated heterocycles. The minimum atomic E-state index is 0.572. The maximum atomic E-state index is 6.24. The van der Waals surface area contributed by atoms with Crippen molar-refractivity contribution in [1.82, 2.24) is 9.97 Å². The fourth-order valence-corrected chi connectivity index (χ4v) is 2.11. The van der Waals surface area contributed by atoms with Crippen molar-refractivity contribution in [3.63, 3.8) is 0 Å². The van der Waals surface area contributed by atoms with Gasteiger partial charge >= 0.3 is 0 Å². The quantitative estimate of drug-likeness (QED) is 0.893. The first-order valence-corrected chi connectivity index (χ1v) is 6.13. The Kier molecular flexibility index (Phi) is 3.89. The zero-order valence-electron chi connectivity index (χ0n) is 10.5. The number of nitrogens with zero attached hydrogens (tertiary/aromatic N) is 1. The van der Waals surface area contributed by atoms with Crippen molar-refractivity contribution in [2.75, 3.05) is 13.7 Å². The lowest BCUT2D eigenvalue weighted by Crippen LogP contribution is -2.03. The minimum absolute atomic E-state index is 0.572. The van der Waals surface area contributed by atoms with E-state index in [0.29, 0.717) is 11.6 Å². The van der Waals surface area contributed by atoms with E-state index in [1.54, 1.807) is 13.2 Å². The molecule has 0 aliphatic rings. The molecule has 0 unspecified atom stereocenters. The molecule has 0 radical (unpaired) electrons. The second-order valence-corrected chi connectivity index (χ2v) is 4.45. The second-order valence-electron chi connectivity index (χ2n) is 4.04. The summed E-state index contributed by atoms with van der Waals surface area (Å²) in [6.45, 7) is 2.55. The van der Waals surface area contributed by atoms with Crippen LogP contribution >= 0.6 is 11.6 Å². The fraction of sp³-hybridized carbons (Fsp3) is 0.308. The molecule has 0 amide bonds. The molecular formula is C13H16ClN3O. The third-order valence-corrected chi connectivity index (χ3v) is 3.06. The standard InChI is InChI=1S/C13H16ClN3O/c1-8-13(17-12(16-8)5-6-15)10-4-3-9(18-2)7-11(10)14/h3-4,7H,5-6,15H2,1-2H3,(H,16,17). The number of rotatable bonds is 4. The molecule has 2 aromatic rings. The molecule has 3 N–H and O–H groups in total. The summed E-state index contributed by atoms with van der Waals surface area (Å²) in [6.07, 6.45) is 0.731. The van der Waals surface area contributed by atoms with Gasteiger partial charge in [-0.3, -0.25) is 0 Å². The van der Waals surface area contributed by atoms with Gasteiger partial charge in [0.15, 0.2) is 0 Å². The lowest BCUT2D eigenvalue weighted by Gasteiger charge is -2.05. The van der Waals surface area contributed by atoms with Crippen LogP contribution in [-0.4, -0.2) is 23.6 Å². The zero-order chi connectivity index (χ0) is 13.1. The van der Waals surface area contributed by atoms with Gasteiger partial charge in [0, 0.05) is 17.7 Å². The van der Waals surface area contributed by atoms with Crippen LogP contribution in [0.15, 0.2) is 18.2 Å². The molecule has 96 valence electrons. The molecule has 1 aromatic heterocycles. The highest BCUT2D eigenvalue weighted by Crippen LogP contribution is 2.31. The van der Waals surface area contributed by atoms with Gasteiger partial charge in [0.25, 0.3) is 0 Å². The first-order valence-electron chi connectivity index (χ1n) is 5.75. The van der Waals surface area contributed by atoms with Crippen molar-refractivity contribution in [1.29, 1.82) is 0 Å². The highest BCUT2D eigenvalue weighted by molar-refractivity contribution is 6.33. The number of benzene rings is 1. The van der Waals surface area contributed by atoms with Crippen molar-refractivity contribution in [3.05, 3.63) is 34.7 Å². The molecule has 4 nitrogen and oxygen atoms in total. The van der Waals surface area contributed by atoms with Gasteiger partial charge in [-0.05, 0) is 31.7 Å². The Morgan fingerprint density at radius 3 is 2.83 bits per heavy atom. The van der Waals surface area contributed by atoms with Gasteiger partial charge in [-0.15, -0.1) is 0 Å². The third-order valence-electron chi connectivity index (χ3n) is 2.75. The van der Waals surface area contributed by atoms with Crippen LogP contribution in [0.5, 0.6) is 5.75 Å². The fourth-order valence-electron chi connectivity index (χ4n) is 1.85. The molecule has 0 aliphatic carbocycles. The summed E-state index contributed by atoms with van der Waals surface area (Å²) in [5.74, 6) is 1.62. The zero-order valence-corrected chi connectivity index (χ0v) is 11.2. The van der Waals surface area contributed by atoms with E-state index in [1.807, 2.05) is 19.1 Å². The van der Waals surface area contributed by atoms with Crippen molar-refractivity contribution < 1.29 is 4.74 Å². The molecule has 5 heteroatoms. The maximum Gasteiger partial charge on any atom is 0.120 e. The number of hydrogen-bond donors (Lipinski definition) is 2. The number of ether oxygens (including phenoxy) is 1. The monoisotopic (exact) mass is 265 g/mol. The number of nitrogens with two attached hydrogens (primary N) is 1. The van der Waals surface area contributed by atoms with Gasteiger partial charge in [-0.1, -0.05) is 11.6 Å². The highest BCUT2D eigenvalue weighted by atomic mass is 35.5. The minimum Gasteiger partial charge on any atom is -0.497 e. The lowest BCUT2D eigenvalue weighted by atomic mass is 10.1. The Balaban J connectivity index is 2.41.